The molecule has 1 aliphatic heterocycles. The molecule has 0 atom stereocenters. The van der Waals surface area contributed by atoms with Crippen molar-refractivity contribution in [1.82, 2.24) is 15.5 Å². The van der Waals surface area contributed by atoms with E-state index >= 15 is 0 Å². The maximum Gasteiger partial charge on any atom is 0.312 e. The molecule has 5 heteroatoms. The van der Waals surface area contributed by atoms with Crippen LogP contribution in [0.25, 0.3) is 0 Å². The standard InChI is InChI=1S/C11H24N4O/c1-9(2)15-7-3-10(4-8-15)13-5-6-14-11(12)16/h9-10,13H,3-8H2,1-2H3,(H3,12,14,16). The molecule has 4 N–H and O–H groups in total. The second kappa shape index (κ2) is 6.70. The number of nitrogens with one attached hydrogen (secondary N) is 2. The Kier molecular flexibility index (Phi) is 5.55. The average molecular weight is 228 g/mol. The summed E-state index contributed by atoms with van der Waals surface area (Å²) in [4.78, 5) is 12.9. The Hall–Kier alpha value is -0.810. The predicted molar refractivity (Wildman–Crippen MR) is 65.3 cm³/mol. The first-order chi connectivity index (χ1) is 7.59. The normalized spacial score (nSPS) is 18.9. The monoisotopic (exact) mass is 228 g/mol. The van der Waals surface area contributed by atoms with Crippen LogP contribution >= 0.6 is 0 Å². The zero-order chi connectivity index (χ0) is 12.0. The Bertz CT molecular complexity index is 212. The van der Waals surface area contributed by atoms with Crippen molar-refractivity contribution in [3.05, 3.63) is 0 Å². The molecule has 5 nitrogen and oxygen atoms in total. The molecule has 0 bridgehead atoms. The molecule has 0 aromatic heterocycles. The fraction of sp³-hybridized carbons (Fsp3) is 0.909. The lowest BCUT2D eigenvalue weighted by Gasteiger charge is -2.35. The summed E-state index contributed by atoms with van der Waals surface area (Å²) >= 11 is 0. The molecular formula is C11H24N4O. The van der Waals surface area contributed by atoms with Gasteiger partial charge in [0.25, 0.3) is 0 Å². The third-order valence-electron chi connectivity index (χ3n) is 3.12. The lowest BCUT2D eigenvalue weighted by atomic mass is 10.0. The second-order valence-corrected chi connectivity index (χ2v) is 4.65. The highest BCUT2D eigenvalue weighted by Gasteiger charge is 2.19. The summed E-state index contributed by atoms with van der Waals surface area (Å²) in [5.74, 6) is 0. The highest BCUT2D eigenvalue weighted by molar-refractivity contribution is 5.71. The van der Waals surface area contributed by atoms with E-state index in [1.54, 1.807) is 0 Å². The molecule has 1 saturated heterocycles. The third kappa shape index (κ3) is 4.81. The van der Waals surface area contributed by atoms with Gasteiger partial charge in [0.1, 0.15) is 0 Å². The number of carbonyl (C=O) groups excluding carboxylic acids is 1. The molecule has 0 aliphatic carbocycles. The van der Waals surface area contributed by atoms with Crippen LogP contribution in [-0.2, 0) is 0 Å². The minimum Gasteiger partial charge on any atom is -0.352 e. The van der Waals surface area contributed by atoms with Gasteiger partial charge in [-0.05, 0) is 39.8 Å². The van der Waals surface area contributed by atoms with E-state index in [-0.39, 0.29) is 0 Å². The first-order valence-corrected chi connectivity index (χ1v) is 6.10. The summed E-state index contributed by atoms with van der Waals surface area (Å²) < 4.78 is 0. The highest BCUT2D eigenvalue weighted by Crippen LogP contribution is 2.12. The van der Waals surface area contributed by atoms with Crippen molar-refractivity contribution in [2.24, 2.45) is 5.73 Å². The van der Waals surface area contributed by atoms with Crippen molar-refractivity contribution >= 4 is 6.03 Å². The van der Waals surface area contributed by atoms with Crippen LogP contribution in [0, 0.1) is 0 Å². The van der Waals surface area contributed by atoms with Gasteiger partial charge in [-0.1, -0.05) is 0 Å². The summed E-state index contributed by atoms with van der Waals surface area (Å²) in [6, 6.07) is 0.790. The van der Waals surface area contributed by atoms with Crippen LogP contribution in [0.4, 0.5) is 4.79 Å². The SMILES string of the molecule is CC(C)N1CCC(NCCNC(N)=O)CC1. The van der Waals surface area contributed by atoms with Gasteiger partial charge in [-0.2, -0.15) is 0 Å². The first-order valence-electron chi connectivity index (χ1n) is 6.10. The molecule has 16 heavy (non-hydrogen) atoms. The number of nitrogens with two attached hydrogens (primary N) is 1. The van der Waals surface area contributed by atoms with Gasteiger partial charge < -0.3 is 21.3 Å². The van der Waals surface area contributed by atoms with Crippen LogP contribution < -0.4 is 16.4 Å². The maximum atomic E-state index is 10.4. The highest BCUT2D eigenvalue weighted by atomic mass is 16.2. The van der Waals surface area contributed by atoms with Crippen molar-refractivity contribution in [2.45, 2.75) is 38.8 Å². The van der Waals surface area contributed by atoms with Gasteiger partial charge in [0.05, 0.1) is 0 Å². The van der Waals surface area contributed by atoms with Gasteiger partial charge in [0.2, 0.25) is 0 Å². The molecule has 0 unspecified atom stereocenters. The largest absolute Gasteiger partial charge is 0.352 e. The number of carbonyl (C=O) groups is 1. The number of hydrogen-bond acceptors (Lipinski definition) is 3. The number of urea groups is 1. The summed E-state index contributed by atoms with van der Waals surface area (Å²) in [6.45, 7) is 8.22. The van der Waals surface area contributed by atoms with E-state index in [1.807, 2.05) is 0 Å². The van der Waals surface area contributed by atoms with Crippen LogP contribution in [0.15, 0.2) is 0 Å². The van der Waals surface area contributed by atoms with Crippen LogP contribution in [0.1, 0.15) is 26.7 Å². The van der Waals surface area contributed by atoms with Crippen molar-refractivity contribution in [1.29, 1.82) is 0 Å². The zero-order valence-corrected chi connectivity index (χ0v) is 10.3. The van der Waals surface area contributed by atoms with Crippen molar-refractivity contribution in [3.8, 4) is 0 Å². The molecular weight excluding hydrogens is 204 g/mol. The Balaban J connectivity index is 2.06. The van der Waals surface area contributed by atoms with E-state index in [2.05, 4.69) is 29.4 Å². The Morgan fingerprint density at radius 3 is 2.50 bits per heavy atom. The Labute approximate surface area is 97.7 Å². The lowest BCUT2D eigenvalue weighted by molar-refractivity contribution is 0.161. The number of piperidine rings is 1. The van der Waals surface area contributed by atoms with Crippen molar-refractivity contribution in [3.63, 3.8) is 0 Å². The van der Waals surface area contributed by atoms with Crippen molar-refractivity contribution < 1.29 is 4.79 Å². The molecule has 1 aliphatic rings. The molecule has 0 radical (unpaired) electrons. The van der Waals surface area contributed by atoms with Gasteiger partial charge in [0.15, 0.2) is 0 Å². The number of likely N-dealkylation sites (tertiary alicyclic amines) is 1. The van der Waals surface area contributed by atoms with Gasteiger partial charge >= 0.3 is 6.03 Å². The fourth-order valence-corrected chi connectivity index (χ4v) is 2.08. The molecule has 1 heterocycles. The van der Waals surface area contributed by atoms with Crippen molar-refractivity contribution in [2.75, 3.05) is 26.2 Å². The summed E-state index contributed by atoms with van der Waals surface area (Å²) in [5.41, 5.74) is 4.98. The molecule has 0 aromatic carbocycles. The summed E-state index contributed by atoms with van der Waals surface area (Å²) in [6.07, 6.45) is 2.38. The van der Waals surface area contributed by atoms with Crippen LogP contribution in [0.2, 0.25) is 0 Å². The quantitative estimate of drug-likeness (QED) is 0.585. The van der Waals surface area contributed by atoms with E-state index in [4.69, 9.17) is 5.73 Å². The number of primary amides is 1. The molecule has 94 valence electrons. The Morgan fingerprint density at radius 1 is 1.38 bits per heavy atom. The zero-order valence-electron chi connectivity index (χ0n) is 10.3. The van der Waals surface area contributed by atoms with Crippen LogP contribution in [0.5, 0.6) is 0 Å². The molecule has 0 spiro atoms. The van der Waals surface area contributed by atoms with E-state index in [0.717, 1.165) is 6.54 Å². The minimum absolute atomic E-state index is 0.448. The summed E-state index contributed by atoms with van der Waals surface area (Å²) in [7, 11) is 0. The smallest absolute Gasteiger partial charge is 0.312 e. The predicted octanol–water partition coefficient (Wildman–Crippen LogP) is 0.117. The van der Waals surface area contributed by atoms with Crippen LogP contribution in [-0.4, -0.2) is 49.2 Å². The molecule has 0 saturated carbocycles. The third-order valence-corrected chi connectivity index (χ3v) is 3.12. The number of hydrogen-bond donors (Lipinski definition) is 3. The van der Waals surface area contributed by atoms with E-state index < -0.39 is 6.03 Å². The van der Waals surface area contributed by atoms with E-state index in [1.165, 1.54) is 25.9 Å². The van der Waals surface area contributed by atoms with Gasteiger partial charge in [0, 0.05) is 25.2 Å². The van der Waals surface area contributed by atoms with E-state index in [9.17, 15) is 4.79 Å². The lowest BCUT2D eigenvalue weighted by Crippen LogP contribution is -2.46. The maximum absolute atomic E-state index is 10.4. The second-order valence-electron chi connectivity index (χ2n) is 4.65. The molecule has 0 aromatic rings. The van der Waals surface area contributed by atoms with Crippen LogP contribution in [0.3, 0.4) is 0 Å². The van der Waals surface area contributed by atoms with Gasteiger partial charge in [-0.15, -0.1) is 0 Å². The molecule has 1 rings (SSSR count). The van der Waals surface area contributed by atoms with Gasteiger partial charge in [-0.3, -0.25) is 0 Å². The number of rotatable bonds is 5. The average Bonchev–Trinajstić information content (AvgIpc) is 2.25. The van der Waals surface area contributed by atoms with Gasteiger partial charge in [-0.25, -0.2) is 4.79 Å². The van der Waals surface area contributed by atoms with E-state index in [0.29, 0.717) is 18.6 Å². The first kappa shape index (κ1) is 13.3. The number of nitrogens with zero attached hydrogens (tertiary/aromatic N) is 1. The number of amides is 2. The molecule has 1 fully saturated rings. The Morgan fingerprint density at radius 2 is 2.00 bits per heavy atom. The molecule has 2 amide bonds. The minimum atomic E-state index is -0.448. The summed E-state index contributed by atoms with van der Waals surface area (Å²) in [5, 5.41) is 6.02. The topological polar surface area (TPSA) is 70.4 Å². The fourth-order valence-electron chi connectivity index (χ4n) is 2.08.